The second-order valence-electron chi connectivity index (χ2n) is 4.41. The summed E-state index contributed by atoms with van der Waals surface area (Å²) in [6.45, 7) is 6.02. The molecule has 0 unspecified atom stereocenters. The Morgan fingerprint density at radius 3 is 2.36 bits per heavy atom. The van der Waals surface area contributed by atoms with E-state index in [2.05, 4.69) is 0 Å². The van der Waals surface area contributed by atoms with Gasteiger partial charge < -0.3 is 5.11 Å². The van der Waals surface area contributed by atoms with Gasteiger partial charge in [0.15, 0.2) is 5.78 Å². The van der Waals surface area contributed by atoms with Gasteiger partial charge in [-0.25, -0.2) is 4.79 Å². The number of hydrogen-bond acceptors (Lipinski definition) is 2. The van der Waals surface area contributed by atoms with Crippen molar-refractivity contribution in [1.82, 2.24) is 0 Å². The van der Waals surface area contributed by atoms with E-state index in [1.807, 2.05) is 20.8 Å². The van der Waals surface area contributed by atoms with E-state index in [0.29, 0.717) is 6.42 Å². The summed E-state index contributed by atoms with van der Waals surface area (Å²) < 4.78 is 0. The number of allylic oxidation sites excluding steroid dienone is 3. The maximum absolute atomic E-state index is 11.4. The predicted octanol–water partition coefficient (Wildman–Crippen LogP) is 1.94. The number of carboxylic acids is 1. The van der Waals surface area contributed by atoms with Crippen LogP contribution in [-0.2, 0) is 9.59 Å². The van der Waals surface area contributed by atoms with Crippen molar-refractivity contribution in [3.8, 4) is 0 Å². The van der Waals surface area contributed by atoms with Gasteiger partial charge in [-0.2, -0.15) is 0 Å². The van der Waals surface area contributed by atoms with Crippen LogP contribution in [0, 0.1) is 5.41 Å². The number of rotatable bonds is 1. The van der Waals surface area contributed by atoms with E-state index in [1.165, 1.54) is 12.2 Å². The fraction of sp³-hybridized carbons (Fsp3) is 0.455. The molecule has 3 nitrogen and oxygen atoms in total. The molecule has 0 saturated carbocycles. The molecule has 0 radical (unpaired) electrons. The zero-order valence-electron chi connectivity index (χ0n) is 8.63. The van der Waals surface area contributed by atoms with E-state index >= 15 is 0 Å². The molecule has 0 fully saturated rings. The van der Waals surface area contributed by atoms with Crippen LogP contribution >= 0.6 is 0 Å². The minimum atomic E-state index is -1.14. The molecule has 0 atom stereocenters. The Balaban J connectivity index is 2.93. The van der Waals surface area contributed by atoms with Gasteiger partial charge in [0.05, 0.1) is 0 Å². The number of ketones is 1. The largest absolute Gasteiger partial charge is 0.478 e. The molecule has 0 aromatic carbocycles. The molecule has 0 aliphatic heterocycles. The molecule has 0 aromatic heterocycles. The first kappa shape index (κ1) is 10.7. The summed E-state index contributed by atoms with van der Waals surface area (Å²) in [5, 5.41) is 8.68. The van der Waals surface area contributed by atoms with Crippen LogP contribution in [0.25, 0.3) is 0 Å². The molecular weight excluding hydrogens is 180 g/mol. The molecule has 76 valence electrons. The van der Waals surface area contributed by atoms with Crippen LogP contribution in [0.3, 0.4) is 0 Å². The minimum absolute atomic E-state index is 0.0732. The first-order valence-corrected chi connectivity index (χ1v) is 4.51. The highest BCUT2D eigenvalue weighted by molar-refractivity contribution is 6.22. The average molecular weight is 194 g/mol. The molecule has 0 amide bonds. The Morgan fingerprint density at radius 1 is 1.43 bits per heavy atom. The SMILES string of the molecule is CC(C)(C)C1=CC(=O)C(C(=O)O)=CC1. The molecule has 0 heterocycles. The number of carbonyl (C=O) groups is 2. The van der Waals surface area contributed by atoms with Crippen molar-refractivity contribution in [2.75, 3.05) is 0 Å². The molecule has 0 saturated heterocycles. The molecule has 1 N–H and O–H groups in total. The van der Waals surface area contributed by atoms with E-state index in [4.69, 9.17) is 5.11 Å². The highest BCUT2D eigenvalue weighted by atomic mass is 16.4. The molecule has 0 aromatic rings. The number of hydrogen-bond donors (Lipinski definition) is 1. The quantitative estimate of drug-likeness (QED) is 0.649. The summed E-state index contributed by atoms with van der Waals surface area (Å²) >= 11 is 0. The third kappa shape index (κ3) is 2.10. The fourth-order valence-corrected chi connectivity index (χ4v) is 1.32. The molecule has 14 heavy (non-hydrogen) atoms. The second kappa shape index (κ2) is 3.40. The van der Waals surface area contributed by atoms with Crippen LogP contribution in [0.2, 0.25) is 0 Å². The molecule has 1 aliphatic rings. The summed E-state index contributed by atoms with van der Waals surface area (Å²) in [4.78, 5) is 22.0. The maximum Gasteiger partial charge on any atom is 0.339 e. The van der Waals surface area contributed by atoms with Gasteiger partial charge in [0.2, 0.25) is 0 Å². The zero-order chi connectivity index (χ0) is 10.9. The van der Waals surface area contributed by atoms with E-state index < -0.39 is 11.8 Å². The van der Waals surface area contributed by atoms with E-state index in [0.717, 1.165) is 5.57 Å². The smallest absolute Gasteiger partial charge is 0.339 e. The first-order chi connectivity index (χ1) is 6.32. The van der Waals surface area contributed by atoms with Crippen LogP contribution in [0.1, 0.15) is 27.2 Å². The third-order valence-electron chi connectivity index (χ3n) is 2.29. The van der Waals surface area contributed by atoms with Crippen LogP contribution in [0.4, 0.5) is 0 Å². The number of aliphatic carboxylic acids is 1. The molecule has 3 heteroatoms. The van der Waals surface area contributed by atoms with Crippen molar-refractivity contribution in [3.63, 3.8) is 0 Å². The van der Waals surface area contributed by atoms with E-state index in [1.54, 1.807) is 0 Å². The van der Waals surface area contributed by atoms with E-state index in [9.17, 15) is 9.59 Å². The summed E-state index contributed by atoms with van der Waals surface area (Å²) in [7, 11) is 0. The molecule has 0 bridgehead atoms. The van der Waals surface area contributed by atoms with Crippen molar-refractivity contribution in [3.05, 3.63) is 23.3 Å². The summed E-state index contributed by atoms with van der Waals surface area (Å²) in [5.74, 6) is -1.53. The fourth-order valence-electron chi connectivity index (χ4n) is 1.32. The lowest BCUT2D eigenvalue weighted by atomic mass is 9.80. The highest BCUT2D eigenvalue weighted by Crippen LogP contribution is 2.31. The molecule has 0 spiro atoms. The van der Waals surface area contributed by atoms with Gasteiger partial charge in [-0.05, 0) is 17.9 Å². The van der Waals surface area contributed by atoms with Crippen molar-refractivity contribution in [1.29, 1.82) is 0 Å². The summed E-state index contributed by atoms with van der Waals surface area (Å²) in [5.41, 5.74) is 0.793. The zero-order valence-corrected chi connectivity index (χ0v) is 8.63. The lowest BCUT2D eigenvalue weighted by Gasteiger charge is -2.24. The Bertz CT molecular complexity index is 340. The third-order valence-corrected chi connectivity index (χ3v) is 2.29. The molecular formula is C11H14O3. The topological polar surface area (TPSA) is 54.4 Å². The predicted molar refractivity (Wildman–Crippen MR) is 52.9 cm³/mol. The van der Waals surface area contributed by atoms with Gasteiger partial charge in [-0.15, -0.1) is 0 Å². The lowest BCUT2D eigenvalue weighted by Crippen LogP contribution is -2.19. The first-order valence-electron chi connectivity index (χ1n) is 4.51. The Hall–Kier alpha value is -1.38. The van der Waals surface area contributed by atoms with Gasteiger partial charge in [0.25, 0.3) is 0 Å². The number of carboxylic acid groups (broad SMARTS) is 1. The van der Waals surface area contributed by atoms with Crippen molar-refractivity contribution < 1.29 is 14.7 Å². The lowest BCUT2D eigenvalue weighted by molar-refractivity contribution is -0.134. The summed E-state index contributed by atoms with van der Waals surface area (Å²) in [6, 6.07) is 0. The monoisotopic (exact) mass is 194 g/mol. The Labute approximate surface area is 83.1 Å². The summed E-state index contributed by atoms with van der Waals surface area (Å²) in [6.07, 6.45) is 3.49. The van der Waals surface area contributed by atoms with E-state index in [-0.39, 0.29) is 11.0 Å². The van der Waals surface area contributed by atoms with Crippen LogP contribution in [0.5, 0.6) is 0 Å². The minimum Gasteiger partial charge on any atom is -0.478 e. The normalized spacial score (nSPS) is 17.5. The number of carbonyl (C=O) groups excluding carboxylic acids is 1. The van der Waals surface area contributed by atoms with Gasteiger partial charge in [0.1, 0.15) is 5.57 Å². The van der Waals surface area contributed by atoms with Gasteiger partial charge in [0, 0.05) is 0 Å². The average Bonchev–Trinajstić information content (AvgIpc) is 2.01. The Kier molecular flexibility index (Phi) is 2.60. The maximum atomic E-state index is 11.4. The van der Waals surface area contributed by atoms with Crippen molar-refractivity contribution in [2.24, 2.45) is 5.41 Å². The highest BCUT2D eigenvalue weighted by Gasteiger charge is 2.24. The van der Waals surface area contributed by atoms with Crippen molar-refractivity contribution in [2.45, 2.75) is 27.2 Å². The second-order valence-corrected chi connectivity index (χ2v) is 4.41. The van der Waals surface area contributed by atoms with Gasteiger partial charge >= 0.3 is 5.97 Å². The van der Waals surface area contributed by atoms with Crippen LogP contribution in [0.15, 0.2) is 23.3 Å². The molecule has 1 rings (SSSR count). The van der Waals surface area contributed by atoms with Crippen molar-refractivity contribution >= 4 is 11.8 Å². The van der Waals surface area contributed by atoms with Crippen LogP contribution < -0.4 is 0 Å². The van der Waals surface area contributed by atoms with Gasteiger partial charge in [-0.1, -0.05) is 32.4 Å². The van der Waals surface area contributed by atoms with Crippen LogP contribution in [-0.4, -0.2) is 16.9 Å². The Morgan fingerprint density at radius 2 is 2.00 bits per heavy atom. The van der Waals surface area contributed by atoms with Gasteiger partial charge in [-0.3, -0.25) is 4.79 Å². The standard InChI is InChI=1S/C11H14O3/c1-11(2,3)7-4-5-8(10(13)14)9(12)6-7/h5-6H,4H2,1-3H3,(H,13,14). The molecule has 1 aliphatic carbocycles.